The van der Waals surface area contributed by atoms with Crippen molar-refractivity contribution in [3.63, 3.8) is 0 Å². The molecule has 0 N–H and O–H groups in total. The second-order valence-corrected chi connectivity index (χ2v) is 5.60. The lowest BCUT2D eigenvalue weighted by atomic mass is 9.89. The Morgan fingerprint density at radius 2 is 1.77 bits per heavy atom. The first-order chi connectivity index (χ1) is 10.8. The van der Waals surface area contributed by atoms with Crippen LogP contribution in [0.15, 0.2) is 30.3 Å². The first kappa shape index (κ1) is 12.0. The van der Waals surface area contributed by atoms with Gasteiger partial charge < -0.3 is 23.7 Å². The van der Waals surface area contributed by atoms with Gasteiger partial charge in [0, 0.05) is 23.3 Å². The Kier molecular flexibility index (Phi) is 2.31. The van der Waals surface area contributed by atoms with Crippen molar-refractivity contribution in [2.45, 2.75) is 12.0 Å². The highest BCUT2D eigenvalue weighted by Gasteiger charge is 2.42. The highest BCUT2D eigenvalue weighted by Crippen LogP contribution is 2.54. The second kappa shape index (κ2) is 4.22. The van der Waals surface area contributed by atoms with Crippen molar-refractivity contribution < 1.29 is 23.7 Å². The first-order valence-corrected chi connectivity index (χ1v) is 7.24. The van der Waals surface area contributed by atoms with E-state index in [4.69, 9.17) is 23.7 Å². The number of rotatable bonds is 1. The zero-order chi connectivity index (χ0) is 14.7. The summed E-state index contributed by atoms with van der Waals surface area (Å²) in [5.41, 5.74) is 2.17. The molecule has 2 aromatic carbocycles. The SMILES string of the molecule is COc1ccc2c(c1)OC[C@H]1c3cc4c(cc3O[C@H]21)OCO4. The summed E-state index contributed by atoms with van der Waals surface area (Å²) in [4.78, 5) is 0. The Morgan fingerprint density at radius 3 is 2.64 bits per heavy atom. The van der Waals surface area contributed by atoms with Crippen LogP contribution in [0.4, 0.5) is 0 Å². The maximum absolute atomic E-state index is 6.18. The summed E-state index contributed by atoms with van der Waals surface area (Å²) in [5.74, 6) is 4.16. The van der Waals surface area contributed by atoms with Gasteiger partial charge >= 0.3 is 0 Å². The van der Waals surface area contributed by atoms with E-state index in [9.17, 15) is 0 Å². The largest absolute Gasteiger partial charge is 0.497 e. The van der Waals surface area contributed by atoms with Crippen molar-refractivity contribution in [2.24, 2.45) is 0 Å². The molecule has 5 heteroatoms. The van der Waals surface area contributed by atoms with Crippen LogP contribution < -0.4 is 23.7 Å². The average molecular weight is 298 g/mol. The van der Waals surface area contributed by atoms with Gasteiger partial charge in [-0.1, -0.05) is 0 Å². The van der Waals surface area contributed by atoms with E-state index in [1.165, 1.54) is 0 Å². The van der Waals surface area contributed by atoms with Gasteiger partial charge in [0.05, 0.1) is 19.6 Å². The minimum absolute atomic E-state index is 0.0350. The Morgan fingerprint density at radius 1 is 0.909 bits per heavy atom. The van der Waals surface area contributed by atoms with E-state index in [2.05, 4.69) is 0 Å². The second-order valence-electron chi connectivity index (χ2n) is 5.60. The molecule has 2 atom stereocenters. The molecule has 0 spiro atoms. The molecule has 0 unspecified atom stereocenters. The van der Waals surface area contributed by atoms with Gasteiger partial charge in [0.25, 0.3) is 0 Å². The summed E-state index contributed by atoms with van der Waals surface area (Å²) in [6, 6.07) is 9.78. The Hall–Kier alpha value is -2.56. The lowest BCUT2D eigenvalue weighted by Crippen LogP contribution is -2.23. The molecule has 0 saturated heterocycles. The monoisotopic (exact) mass is 298 g/mol. The van der Waals surface area contributed by atoms with Gasteiger partial charge in [0.2, 0.25) is 6.79 Å². The normalized spacial score (nSPS) is 23.0. The molecule has 5 rings (SSSR count). The van der Waals surface area contributed by atoms with Gasteiger partial charge in [-0.25, -0.2) is 0 Å². The third kappa shape index (κ3) is 1.53. The Bertz CT molecular complexity index is 770. The molecule has 0 saturated carbocycles. The molecular weight excluding hydrogens is 284 g/mol. The molecule has 3 heterocycles. The number of fused-ring (bicyclic) bond motifs is 6. The van der Waals surface area contributed by atoms with E-state index in [1.807, 2.05) is 30.3 Å². The van der Waals surface area contributed by atoms with Gasteiger partial charge in [-0.2, -0.15) is 0 Å². The van der Waals surface area contributed by atoms with E-state index in [1.54, 1.807) is 7.11 Å². The fourth-order valence-corrected chi connectivity index (χ4v) is 3.35. The van der Waals surface area contributed by atoms with E-state index in [0.717, 1.165) is 39.9 Å². The van der Waals surface area contributed by atoms with Crippen LogP contribution >= 0.6 is 0 Å². The minimum Gasteiger partial charge on any atom is -0.497 e. The molecule has 0 radical (unpaired) electrons. The van der Waals surface area contributed by atoms with Crippen LogP contribution in [0, 0.1) is 0 Å². The van der Waals surface area contributed by atoms with Crippen molar-refractivity contribution in [3.8, 4) is 28.7 Å². The summed E-state index contributed by atoms with van der Waals surface area (Å²) in [5, 5.41) is 0. The Balaban J connectivity index is 1.58. The van der Waals surface area contributed by atoms with Crippen molar-refractivity contribution in [2.75, 3.05) is 20.5 Å². The van der Waals surface area contributed by atoms with E-state index in [-0.39, 0.29) is 18.8 Å². The summed E-state index contributed by atoms with van der Waals surface area (Å²) in [6.45, 7) is 0.850. The first-order valence-electron chi connectivity index (χ1n) is 7.24. The number of hydrogen-bond donors (Lipinski definition) is 0. The molecule has 3 aliphatic heterocycles. The predicted octanol–water partition coefficient (Wildman–Crippen LogP) is 3.03. The third-order valence-corrected chi connectivity index (χ3v) is 4.47. The van der Waals surface area contributed by atoms with Gasteiger partial charge in [0.15, 0.2) is 11.5 Å². The molecule has 0 aromatic heterocycles. The fourth-order valence-electron chi connectivity index (χ4n) is 3.35. The van der Waals surface area contributed by atoms with Crippen LogP contribution in [0.2, 0.25) is 0 Å². The number of ether oxygens (including phenoxy) is 5. The van der Waals surface area contributed by atoms with Crippen LogP contribution in [0.5, 0.6) is 28.7 Å². The van der Waals surface area contributed by atoms with Crippen LogP contribution in [-0.4, -0.2) is 20.5 Å². The molecular formula is C17H14O5. The topological polar surface area (TPSA) is 46.2 Å². The molecule has 112 valence electrons. The van der Waals surface area contributed by atoms with E-state index in [0.29, 0.717) is 6.61 Å². The Labute approximate surface area is 127 Å². The molecule has 3 aliphatic rings. The number of methoxy groups -OCH3 is 1. The van der Waals surface area contributed by atoms with Crippen LogP contribution in [0.3, 0.4) is 0 Å². The quantitative estimate of drug-likeness (QED) is 0.810. The highest BCUT2D eigenvalue weighted by molar-refractivity contribution is 5.57. The van der Waals surface area contributed by atoms with Crippen molar-refractivity contribution in [1.82, 2.24) is 0 Å². The van der Waals surface area contributed by atoms with E-state index < -0.39 is 0 Å². The number of hydrogen-bond acceptors (Lipinski definition) is 5. The molecule has 0 aliphatic carbocycles. The maximum atomic E-state index is 6.18. The molecule has 22 heavy (non-hydrogen) atoms. The lowest BCUT2D eigenvalue weighted by molar-refractivity contribution is 0.138. The zero-order valence-corrected chi connectivity index (χ0v) is 12.0. The third-order valence-electron chi connectivity index (χ3n) is 4.47. The summed E-state index contributed by atoms with van der Waals surface area (Å²) >= 11 is 0. The van der Waals surface area contributed by atoms with Crippen molar-refractivity contribution in [1.29, 1.82) is 0 Å². The molecule has 0 fully saturated rings. The maximum Gasteiger partial charge on any atom is 0.231 e. The molecule has 0 amide bonds. The van der Waals surface area contributed by atoms with Crippen LogP contribution in [0.1, 0.15) is 23.1 Å². The van der Waals surface area contributed by atoms with Crippen molar-refractivity contribution in [3.05, 3.63) is 41.5 Å². The van der Waals surface area contributed by atoms with Crippen molar-refractivity contribution >= 4 is 0 Å². The predicted molar refractivity (Wildman–Crippen MR) is 77.2 cm³/mol. The minimum atomic E-state index is -0.0350. The van der Waals surface area contributed by atoms with Gasteiger partial charge in [0.1, 0.15) is 23.4 Å². The van der Waals surface area contributed by atoms with Crippen LogP contribution in [0.25, 0.3) is 0 Å². The highest BCUT2D eigenvalue weighted by atomic mass is 16.7. The summed E-state index contributed by atoms with van der Waals surface area (Å²) in [6.07, 6.45) is -0.0350. The standard InChI is InChI=1S/C17H14O5/c1-18-9-2-3-10-13(4-9)19-7-12-11-5-15-16(21-8-20-15)6-14(11)22-17(10)12/h2-6,12,17H,7-8H2,1H3/t12-,17+/m0/s1. The average Bonchev–Trinajstić information content (AvgIpc) is 3.15. The molecule has 0 bridgehead atoms. The molecule has 5 nitrogen and oxygen atoms in total. The fraction of sp³-hybridized carbons (Fsp3) is 0.294. The van der Waals surface area contributed by atoms with E-state index >= 15 is 0 Å². The molecule has 2 aromatic rings. The van der Waals surface area contributed by atoms with Gasteiger partial charge in [-0.3, -0.25) is 0 Å². The van der Waals surface area contributed by atoms with Crippen LogP contribution in [-0.2, 0) is 0 Å². The van der Waals surface area contributed by atoms with Gasteiger partial charge in [-0.15, -0.1) is 0 Å². The van der Waals surface area contributed by atoms with Gasteiger partial charge in [-0.05, 0) is 18.2 Å². The zero-order valence-electron chi connectivity index (χ0n) is 12.0. The summed E-state index contributed by atoms with van der Waals surface area (Å²) < 4.78 is 28.3. The smallest absolute Gasteiger partial charge is 0.231 e. The lowest BCUT2D eigenvalue weighted by Gasteiger charge is -2.28. The number of benzene rings is 2. The summed E-state index contributed by atoms with van der Waals surface area (Å²) in [7, 11) is 1.65.